The summed E-state index contributed by atoms with van der Waals surface area (Å²) in [6.07, 6.45) is 5.06. The molecule has 3 rings (SSSR count). The predicted octanol–water partition coefficient (Wildman–Crippen LogP) is 1.91. The fraction of sp³-hybridized carbons (Fsp3) is 0.650. The van der Waals surface area contributed by atoms with Crippen molar-refractivity contribution in [3.8, 4) is 5.75 Å². The molecule has 25 heavy (non-hydrogen) atoms. The second-order valence-corrected chi connectivity index (χ2v) is 7.13. The maximum absolute atomic E-state index is 12.9. The van der Waals surface area contributed by atoms with Gasteiger partial charge in [-0.25, -0.2) is 0 Å². The highest BCUT2D eigenvalue weighted by Crippen LogP contribution is 2.16. The van der Waals surface area contributed by atoms with Gasteiger partial charge in [-0.15, -0.1) is 0 Å². The average molecular weight is 345 g/mol. The standard InChI is InChI=1S/C20H31N3O2/c1-25-19-7-4-17(5-8-19)6-9-20(24)23(18-10-11-21-16-18)15-14-22-12-2-3-13-22/h4-5,7-8,18,21H,2-3,6,9-16H2,1H3. The molecule has 2 aliphatic rings. The van der Waals surface area contributed by atoms with Gasteiger partial charge in [0.05, 0.1) is 7.11 Å². The Bertz CT molecular complexity index is 534. The number of nitrogens with zero attached hydrogens (tertiary/aromatic N) is 2. The molecule has 1 aromatic rings. The molecule has 1 amide bonds. The Morgan fingerprint density at radius 2 is 2.04 bits per heavy atom. The molecule has 0 bridgehead atoms. The molecule has 0 saturated carbocycles. The number of methoxy groups -OCH3 is 1. The van der Waals surface area contributed by atoms with Crippen LogP contribution >= 0.6 is 0 Å². The largest absolute Gasteiger partial charge is 0.497 e. The molecule has 1 aromatic carbocycles. The Morgan fingerprint density at radius 3 is 2.68 bits per heavy atom. The van der Waals surface area contributed by atoms with Crippen LogP contribution in [0.4, 0.5) is 0 Å². The molecule has 2 saturated heterocycles. The van der Waals surface area contributed by atoms with Crippen LogP contribution in [0.5, 0.6) is 5.75 Å². The van der Waals surface area contributed by atoms with Crippen molar-refractivity contribution in [3.05, 3.63) is 29.8 Å². The van der Waals surface area contributed by atoms with E-state index in [0.717, 1.165) is 44.8 Å². The third-order valence-electron chi connectivity index (χ3n) is 5.44. The second-order valence-electron chi connectivity index (χ2n) is 7.13. The summed E-state index contributed by atoms with van der Waals surface area (Å²) in [5, 5.41) is 3.40. The Hall–Kier alpha value is -1.59. The van der Waals surface area contributed by atoms with Crippen LogP contribution in [0.25, 0.3) is 0 Å². The van der Waals surface area contributed by atoms with Crippen LogP contribution in [0.15, 0.2) is 24.3 Å². The van der Waals surface area contributed by atoms with Gasteiger partial charge in [0.25, 0.3) is 0 Å². The van der Waals surface area contributed by atoms with Crippen LogP contribution in [0.1, 0.15) is 31.2 Å². The van der Waals surface area contributed by atoms with E-state index in [9.17, 15) is 4.79 Å². The molecule has 138 valence electrons. The highest BCUT2D eigenvalue weighted by molar-refractivity contribution is 5.77. The maximum Gasteiger partial charge on any atom is 0.223 e. The van der Waals surface area contributed by atoms with Gasteiger partial charge in [0, 0.05) is 32.1 Å². The minimum Gasteiger partial charge on any atom is -0.497 e. The van der Waals surface area contributed by atoms with Crippen molar-refractivity contribution in [1.82, 2.24) is 15.1 Å². The maximum atomic E-state index is 12.9. The van der Waals surface area contributed by atoms with E-state index in [1.165, 1.54) is 31.5 Å². The number of benzene rings is 1. The molecule has 5 nitrogen and oxygen atoms in total. The first kappa shape index (κ1) is 18.2. The third-order valence-corrected chi connectivity index (χ3v) is 5.44. The molecule has 0 aliphatic carbocycles. The molecular formula is C20H31N3O2. The summed E-state index contributed by atoms with van der Waals surface area (Å²) in [6, 6.07) is 8.40. The highest BCUT2D eigenvalue weighted by atomic mass is 16.5. The number of rotatable bonds is 8. The summed E-state index contributed by atoms with van der Waals surface area (Å²) in [6.45, 7) is 6.23. The SMILES string of the molecule is COc1ccc(CCC(=O)N(CCN2CCCC2)C2CCNC2)cc1. The second kappa shape index (κ2) is 9.20. The lowest BCUT2D eigenvalue weighted by molar-refractivity contribution is -0.133. The molecular weight excluding hydrogens is 314 g/mol. The van der Waals surface area contributed by atoms with E-state index in [2.05, 4.69) is 27.2 Å². The van der Waals surface area contributed by atoms with E-state index in [0.29, 0.717) is 18.4 Å². The van der Waals surface area contributed by atoms with Crippen molar-refractivity contribution in [3.63, 3.8) is 0 Å². The Kier molecular flexibility index (Phi) is 6.70. The lowest BCUT2D eigenvalue weighted by Gasteiger charge is -2.30. The van der Waals surface area contributed by atoms with Crippen molar-refractivity contribution in [2.75, 3.05) is 46.4 Å². The minimum absolute atomic E-state index is 0.295. The number of nitrogens with one attached hydrogen (secondary N) is 1. The van der Waals surface area contributed by atoms with Gasteiger partial charge in [-0.3, -0.25) is 4.79 Å². The lowest BCUT2D eigenvalue weighted by Crippen LogP contribution is -2.45. The summed E-state index contributed by atoms with van der Waals surface area (Å²) in [5.41, 5.74) is 1.19. The number of hydrogen-bond acceptors (Lipinski definition) is 4. The smallest absolute Gasteiger partial charge is 0.223 e. The number of ether oxygens (including phenoxy) is 1. The molecule has 1 atom stereocenters. The van der Waals surface area contributed by atoms with Gasteiger partial charge in [-0.1, -0.05) is 12.1 Å². The zero-order chi connectivity index (χ0) is 17.5. The van der Waals surface area contributed by atoms with E-state index in [1.54, 1.807) is 7.11 Å². The average Bonchev–Trinajstić information content (AvgIpc) is 3.34. The molecule has 0 aromatic heterocycles. The van der Waals surface area contributed by atoms with Crippen molar-refractivity contribution >= 4 is 5.91 Å². The van der Waals surface area contributed by atoms with Crippen LogP contribution in [-0.4, -0.2) is 68.1 Å². The van der Waals surface area contributed by atoms with Gasteiger partial charge in [0.1, 0.15) is 5.75 Å². The third kappa shape index (κ3) is 5.19. The predicted molar refractivity (Wildman–Crippen MR) is 100.0 cm³/mol. The zero-order valence-corrected chi connectivity index (χ0v) is 15.4. The van der Waals surface area contributed by atoms with Crippen LogP contribution in [0.2, 0.25) is 0 Å². The molecule has 1 N–H and O–H groups in total. The molecule has 5 heteroatoms. The van der Waals surface area contributed by atoms with Crippen molar-refractivity contribution in [2.24, 2.45) is 0 Å². The van der Waals surface area contributed by atoms with Crippen LogP contribution in [0.3, 0.4) is 0 Å². The molecule has 2 heterocycles. The Labute approximate surface area is 151 Å². The monoisotopic (exact) mass is 345 g/mol. The van der Waals surface area contributed by atoms with Gasteiger partial charge >= 0.3 is 0 Å². The summed E-state index contributed by atoms with van der Waals surface area (Å²) in [5.74, 6) is 1.16. The Balaban J connectivity index is 1.53. The van der Waals surface area contributed by atoms with Gasteiger partial charge in [0.2, 0.25) is 5.91 Å². The lowest BCUT2D eigenvalue weighted by atomic mass is 10.1. The minimum atomic E-state index is 0.295. The first-order chi connectivity index (χ1) is 12.3. The fourth-order valence-corrected chi connectivity index (χ4v) is 3.86. The van der Waals surface area contributed by atoms with Gasteiger partial charge in [-0.05, 0) is 63.0 Å². The van der Waals surface area contributed by atoms with Crippen LogP contribution in [0, 0.1) is 0 Å². The summed E-state index contributed by atoms with van der Waals surface area (Å²) < 4.78 is 5.19. The van der Waals surface area contributed by atoms with Gasteiger partial charge in [0.15, 0.2) is 0 Å². The summed E-state index contributed by atoms with van der Waals surface area (Å²) in [4.78, 5) is 17.5. The summed E-state index contributed by atoms with van der Waals surface area (Å²) in [7, 11) is 1.67. The van der Waals surface area contributed by atoms with Crippen molar-refractivity contribution in [1.29, 1.82) is 0 Å². The number of carbonyl (C=O) groups excluding carboxylic acids is 1. The quantitative estimate of drug-likeness (QED) is 0.782. The van der Waals surface area contributed by atoms with Crippen LogP contribution in [-0.2, 0) is 11.2 Å². The number of amides is 1. The van der Waals surface area contributed by atoms with E-state index < -0.39 is 0 Å². The topological polar surface area (TPSA) is 44.8 Å². The number of hydrogen-bond donors (Lipinski definition) is 1. The normalized spacial score (nSPS) is 20.8. The molecule has 2 fully saturated rings. The zero-order valence-electron chi connectivity index (χ0n) is 15.4. The van der Waals surface area contributed by atoms with Crippen LogP contribution < -0.4 is 10.1 Å². The van der Waals surface area contributed by atoms with Gasteiger partial charge in [-0.2, -0.15) is 0 Å². The number of carbonyl (C=O) groups is 1. The first-order valence-electron chi connectivity index (χ1n) is 9.62. The first-order valence-corrected chi connectivity index (χ1v) is 9.62. The fourth-order valence-electron chi connectivity index (χ4n) is 3.86. The van der Waals surface area contributed by atoms with Crippen molar-refractivity contribution < 1.29 is 9.53 Å². The highest BCUT2D eigenvalue weighted by Gasteiger charge is 2.26. The molecule has 2 aliphatic heterocycles. The van der Waals surface area contributed by atoms with E-state index in [-0.39, 0.29) is 0 Å². The van der Waals surface area contributed by atoms with E-state index in [1.807, 2.05) is 12.1 Å². The molecule has 0 spiro atoms. The number of aryl methyl sites for hydroxylation is 1. The van der Waals surface area contributed by atoms with E-state index in [4.69, 9.17) is 4.74 Å². The molecule has 0 radical (unpaired) electrons. The van der Waals surface area contributed by atoms with Crippen molar-refractivity contribution in [2.45, 2.75) is 38.1 Å². The summed E-state index contributed by atoms with van der Waals surface area (Å²) >= 11 is 0. The Morgan fingerprint density at radius 1 is 1.28 bits per heavy atom. The molecule has 1 unspecified atom stereocenters. The van der Waals surface area contributed by atoms with E-state index >= 15 is 0 Å². The van der Waals surface area contributed by atoms with Gasteiger partial charge < -0.3 is 19.9 Å². The number of likely N-dealkylation sites (tertiary alicyclic amines) is 1.